The van der Waals surface area contributed by atoms with Gasteiger partial charge in [0.25, 0.3) is 0 Å². The number of hydrogen-bond acceptors (Lipinski definition) is 3. The van der Waals surface area contributed by atoms with Gasteiger partial charge in [0.05, 0.1) is 23.9 Å². The van der Waals surface area contributed by atoms with Gasteiger partial charge in [0.1, 0.15) is 17.1 Å². The lowest BCUT2D eigenvalue weighted by Gasteiger charge is -2.06. The van der Waals surface area contributed by atoms with Crippen molar-refractivity contribution in [2.75, 3.05) is 12.8 Å². The second kappa shape index (κ2) is 5.00. The first kappa shape index (κ1) is 13.3. The highest BCUT2D eigenvalue weighted by atomic mass is 79.9. The van der Waals surface area contributed by atoms with E-state index in [4.69, 9.17) is 22.1 Å². The molecule has 1 heterocycles. The van der Waals surface area contributed by atoms with Crippen LogP contribution in [0.15, 0.2) is 34.8 Å². The molecule has 0 saturated carbocycles. The Bertz CT molecular complexity index is 800. The standard InChI is InChI=1S/C14H11BrClN3O/c1-20-12-4-7(15)2-3-9(12)14-18-11-6-8(16)5-10(17)13(11)19-14/h2-6H,17H2,1H3,(H,18,19). The van der Waals surface area contributed by atoms with Gasteiger partial charge in [0, 0.05) is 9.50 Å². The first-order valence-corrected chi connectivity index (χ1v) is 7.04. The summed E-state index contributed by atoms with van der Waals surface area (Å²) in [6, 6.07) is 9.24. The molecule has 0 saturated heterocycles. The fourth-order valence-electron chi connectivity index (χ4n) is 2.10. The van der Waals surface area contributed by atoms with Crippen LogP contribution in [0.2, 0.25) is 5.02 Å². The molecule has 20 heavy (non-hydrogen) atoms. The highest BCUT2D eigenvalue weighted by Gasteiger charge is 2.13. The summed E-state index contributed by atoms with van der Waals surface area (Å²) in [6.07, 6.45) is 0. The second-order valence-corrected chi connectivity index (χ2v) is 5.67. The molecule has 0 aliphatic carbocycles. The van der Waals surface area contributed by atoms with Crippen LogP contribution in [0.3, 0.4) is 0 Å². The van der Waals surface area contributed by atoms with Crippen molar-refractivity contribution in [3.8, 4) is 17.1 Å². The summed E-state index contributed by atoms with van der Waals surface area (Å²) in [7, 11) is 1.62. The van der Waals surface area contributed by atoms with Gasteiger partial charge < -0.3 is 15.5 Å². The molecule has 0 aliphatic heterocycles. The predicted octanol–water partition coefficient (Wildman–Crippen LogP) is 4.24. The van der Waals surface area contributed by atoms with Crippen molar-refractivity contribution in [2.24, 2.45) is 0 Å². The number of imidazole rings is 1. The van der Waals surface area contributed by atoms with E-state index >= 15 is 0 Å². The van der Waals surface area contributed by atoms with Crippen molar-refractivity contribution in [2.45, 2.75) is 0 Å². The fraction of sp³-hybridized carbons (Fsp3) is 0.0714. The number of benzene rings is 2. The van der Waals surface area contributed by atoms with Gasteiger partial charge in [0.15, 0.2) is 0 Å². The van der Waals surface area contributed by atoms with Gasteiger partial charge in [0.2, 0.25) is 0 Å². The third kappa shape index (κ3) is 2.23. The van der Waals surface area contributed by atoms with Gasteiger partial charge in [-0.2, -0.15) is 0 Å². The molecule has 2 aromatic carbocycles. The smallest absolute Gasteiger partial charge is 0.142 e. The highest BCUT2D eigenvalue weighted by molar-refractivity contribution is 9.10. The Kier molecular flexibility index (Phi) is 3.31. The van der Waals surface area contributed by atoms with Crippen molar-refractivity contribution >= 4 is 44.3 Å². The van der Waals surface area contributed by atoms with Crippen LogP contribution < -0.4 is 10.5 Å². The molecular formula is C14H11BrClN3O. The first-order chi connectivity index (χ1) is 9.58. The lowest BCUT2D eigenvalue weighted by Crippen LogP contribution is -1.89. The zero-order valence-corrected chi connectivity index (χ0v) is 12.9. The zero-order valence-electron chi connectivity index (χ0n) is 10.6. The molecule has 102 valence electrons. The van der Waals surface area contributed by atoms with Gasteiger partial charge in [-0.1, -0.05) is 27.5 Å². The van der Waals surface area contributed by atoms with Crippen molar-refractivity contribution in [3.05, 3.63) is 39.8 Å². The number of methoxy groups -OCH3 is 1. The fourth-order valence-corrected chi connectivity index (χ4v) is 2.66. The number of nitrogens with one attached hydrogen (secondary N) is 1. The summed E-state index contributed by atoms with van der Waals surface area (Å²) < 4.78 is 6.32. The van der Waals surface area contributed by atoms with E-state index in [0.717, 1.165) is 21.3 Å². The van der Waals surface area contributed by atoms with E-state index in [9.17, 15) is 0 Å². The van der Waals surface area contributed by atoms with Gasteiger partial charge >= 0.3 is 0 Å². The number of nitrogens with zero attached hydrogens (tertiary/aromatic N) is 1. The molecule has 0 radical (unpaired) electrons. The Hall–Kier alpha value is -1.72. The number of H-pyrrole nitrogens is 1. The Labute approximate surface area is 129 Å². The van der Waals surface area contributed by atoms with E-state index in [-0.39, 0.29) is 0 Å². The first-order valence-electron chi connectivity index (χ1n) is 5.87. The lowest BCUT2D eigenvalue weighted by molar-refractivity contribution is 0.416. The van der Waals surface area contributed by atoms with Crippen LogP contribution in [0.1, 0.15) is 0 Å². The van der Waals surface area contributed by atoms with Crippen LogP contribution in [0.5, 0.6) is 5.75 Å². The topological polar surface area (TPSA) is 63.9 Å². The largest absolute Gasteiger partial charge is 0.496 e. The number of nitrogens with two attached hydrogens (primary N) is 1. The van der Waals surface area contributed by atoms with Crippen molar-refractivity contribution in [1.82, 2.24) is 9.97 Å². The molecule has 0 aliphatic rings. The molecule has 4 nitrogen and oxygen atoms in total. The third-order valence-corrected chi connectivity index (χ3v) is 3.71. The summed E-state index contributed by atoms with van der Waals surface area (Å²) in [5, 5.41) is 0.577. The summed E-state index contributed by atoms with van der Waals surface area (Å²) in [5.41, 5.74) is 8.85. The number of halogens is 2. The zero-order chi connectivity index (χ0) is 14.3. The molecule has 3 rings (SSSR count). The van der Waals surface area contributed by atoms with Crippen LogP contribution in [0.25, 0.3) is 22.4 Å². The molecule has 0 unspecified atom stereocenters. The average molecular weight is 353 g/mol. The minimum Gasteiger partial charge on any atom is -0.496 e. The number of hydrogen-bond donors (Lipinski definition) is 2. The second-order valence-electron chi connectivity index (χ2n) is 4.32. The van der Waals surface area contributed by atoms with E-state index in [2.05, 4.69) is 25.9 Å². The Morgan fingerprint density at radius 2 is 2.10 bits per heavy atom. The predicted molar refractivity (Wildman–Crippen MR) is 85.2 cm³/mol. The molecule has 0 fully saturated rings. The monoisotopic (exact) mass is 351 g/mol. The molecule has 3 N–H and O–H groups in total. The molecule has 6 heteroatoms. The van der Waals surface area contributed by atoms with Crippen molar-refractivity contribution < 1.29 is 4.74 Å². The molecule has 0 spiro atoms. The van der Waals surface area contributed by atoms with Gasteiger partial charge in [-0.05, 0) is 30.3 Å². The van der Waals surface area contributed by atoms with Crippen LogP contribution in [0.4, 0.5) is 5.69 Å². The average Bonchev–Trinajstić information content (AvgIpc) is 2.82. The van der Waals surface area contributed by atoms with E-state index in [0.29, 0.717) is 22.1 Å². The maximum atomic E-state index is 6.00. The van der Waals surface area contributed by atoms with Gasteiger partial charge in [-0.15, -0.1) is 0 Å². The number of ether oxygens (including phenoxy) is 1. The van der Waals surface area contributed by atoms with Crippen LogP contribution >= 0.6 is 27.5 Å². The minimum atomic E-state index is 0.547. The summed E-state index contributed by atoms with van der Waals surface area (Å²) >= 11 is 9.42. The number of rotatable bonds is 2. The van der Waals surface area contributed by atoms with Crippen molar-refractivity contribution in [3.63, 3.8) is 0 Å². The maximum absolute atomic E-state index is 6.00. The van der Waals surface area contributed by atoms with Gasteiger partial charge in [-0.3, -0.25) is 0 Å². The number of aromatic amines is 1. The van der Waals surface area contributed by atoms with E-state index in [1.807, 2.05) is 18.2 Å². The summed E-state index contributed by atoms with van der Waals surface area (Å²) in [6.45, 7) is 0. The summed E-state index contributed by atoms with van der Waals surface area (Å²) in [5.74, 6) is 1.42. The third-order valence-electron chi connectivity index (χ3n) is 3.00. The quantitative estimate of drug-likeness (QED) is 0.678. The van der Waals surface area contributed by atoms with E-state index in [1.54, 1.807) is 19.2 Å². The molecule has 1 aromatic heterocycles. The van der Waals surface area contributed by atoms with E-state index in [1.165, 1.54) is 0 Å². The number of fused-ring (bicyclic) bond motifs is 1. The maximum Gasteiger partial charge on any atom is 0.142 e. The van der Waals surface area contributed by atoms with Gasteiger partial charge in [-0.25, -0.2) is 4.98 Å². The number of aromatic nitrogens is 2. The summed E-state index contributed by atoms with van der Waals surface area (Å²) in [4.78, 5) is 7.74. The molecule has 0 atom stereocenters. The Balaban J connectivity index is 2.22. The Morgan fingerprint density at radius 3 is 2.85 bits per heavy atom. The van der Waals surface area contributed by atoms with Crippen LogP contribution in [-0.2, 0) is 0 Å². The van der Waals surface area contributed by atoms with E-state index < -0.39 is 0 Å². The molecule has 3 aromatic rings. The van der Waals surface area contributed by atoms with Crippen LogP contribution in [-0.4, -0.2) is 17.1 Å². The molecular weight excluding hydrogens is 342 g/mol. The normalized spacial score (nSPS) is 10.9. The lowest BCUT2D eigenvalue weighted by atomic mass is 10.2. The highest BCUT2D eigenvalue weighted by Crippen LogP contribution is 2.33. The van der Waals surface area contributed by atoms with Crippen LogP contribution in [0, 0.1) is 0 Å². The SMILES string of the molecule is COc1cc(Br)ccc1-c1nc2c(N)cc(Cl)cc2[nH]1. The number of nitrogen functional groups attached to an aromatic ring is 1. The van der Waals surface area contributed by atoms with Crippen molar-refractivity contribution in [1.29, 1.82) is 0 Å². The molecule has 0 amide bonds. The minimum absolute atomic E-state index is 0.547. The Morgan fingerprint density at radius 1 is 1.30 bits per heavy atom. The molecule has 0 bridgehead atoms. The number of anilines is 1.